The van der Waals surface area contributed by atoms with Crippen LogP contribution >= 0.6 is 0 Å². The first-order valence-corrected chi connectivity index (χ1v) is 7.58. The minimum absolute atomic E-state index is 0.0105. The van der Waals surface area contributed by atoms with E-state index in [1.165, 1.54) is 11.3 Å². The number of nitrogens with zero attached hydrogens (tertiary/aromatic N) is 3. The molecule has 3 heteroatoms. The lowest BCUT2D eigenvalue weighted by molar-refractivity contribution is 0.589. The van der Waals surface area contributed by atoms with Crippen LogP contribution < -0.4 is 0 Å². The molecule has 0 radical (unpaired) electrons. The number of nitriles is 1. The van der Waals surface area contributed by atoms with Crippen LogP contribution in [0.1, 0.15) is 56.4 Å². The first-order valence-electron chi connectivity index (χ1n) is 7.58. The van der Waals surface area contributed by atoms with Crippen LogP contribution in [-0.2, 0) is 11.8 Å². The maximum absolute atomic E-state index is 9.26. The molecule has 1 aliphatic rings. The van der Waals surface area contributed by atoms with Crippen LogP contribution in [0.2, 0.25) is 0 Å². The van der Waals surface area contributed by atoms with Gasteiger partial charge in [-0.05, 0) is 42.4 Å². The molecule has 0 saturated carbocycles. The molecular weight excluding hydrogens is 258 g/mol. The SMILES string of the molecule is CC(C)(C)c1ccc(-n2ncc3c2CCCC3C#N)cc1. The predicted octanol–water partition coefficient (Wildman–Crippen LogP) is 4.11. The van der Waals surface area contributed by atoms with Crippen molar-refractivity contribution in [1.82, 2.24) is 9.78 Å². The zero-order valence-electron chi connectivity index (χ0n) is 12.9. The molecule has 0 fully saturated rings. The fourth-order valence-electron chi connectivity index (χ4n) is 3.02. The van der Waals surface area contributed by atoms with Crippen LogP contribution in [0.15, 0.2) is 30.5 Å². The van der Waals surface area contributed by atoms with E-state index in [1.807, 2.05) is 10.9 Å². The van der Waals surface area contributed by atoms with E-state index in [0.717, 1.165) is 30.5 Å². The van der Waals surface area contributed by atoms with Crippen molar-refractivity contribution >= 4 is 0 Å². The van der Waals surface area contributed by atoms with Gasteiger partial charge >= 0.3 is 0 Å². The van der Waals surface area contributed by atoms with Crippen molar-refractivity contribution in [3.8, 4) is 11.8 Å². The molecule has 1 unspecified atom stereocenters. The first-order chi connectivity index (χ1) is 10.0. The molecule has 1 aromatic heterocycles. The first kappa shape index (κ1) is 13.9. The highest BCUT2D eigenvalue weighted by molar-refractivity contribution is 5.41. The Balaban J connectivity index is 1.99. The second-order valence-electron chi connectivity index (χ2n) is 6.83. The fourth-order valence-corrected chi connectivity index (χ4v) is 3.02. The van der Waals surface area contributed by atoms with Gasteiger partial charge in [0, 0.05) is 11.3 Å². The highest BCUT2D eigenvalue weighted by Gasteiger charge is 2.24. The minimum Gasteiger partial charge on any atom is -0.238 e. The number of hydrogen-bond donors (Lipinski definition) is 0. The molecule has 2 aromatic rings. The lowest BCUT2D eigenvalue weighted by atomic mass is 9.87. The van der Waals surface area contributed by atoms with Crippen LogP contribution in [0.3, 0.4) is 0 Å². The summed E-state index contributed by atoms with van der Waals surface area (Å²) in [4.78, 5) is 0. The summed E-state index contributed by atoms with van der Waals surface area (Å²) in [7, 11) is 0. The molecule has 0 aliphatic heterocycles. The molecule has 0 amide bonds. The Morgan fingerprint density at radius 1 is 1.24 bits per heavy atom. The summed E-state index contributed by atoms with van der Waals surface area (Å²) in [5, 5.41) is 13.8. The summed E-state index contributed by atoms with van der Waals surface area (Å²) >= 11 is 0. The summed E-state index contributed by atoms with van der Waals surface area (Å²) in [6.07, 6.45) is 4.91. The maximum atomic E-state index is 9.26. The van der Waals surface area contributed by atoms with Crippen molar-refractivity contribution < 1.29 is 0 Å². The monoisotopic (exact) mass is 279 g/mol. The van der Waals surface area contributed by atoms with Gasteiger partial charge in [-0.1, -0.05) is 32.9 Å². The smallest absolute Gasteiger partial charge is 0.0746 e. The van der Waals surface area contributed by atoms with E-state index in [9.17, 15) is 5.26 Å². The van der Waals surface area contributed by atoms with Gasteiger partial charge in [0.1, 0.15) is 0 Å². The third-order valence-corrected chi connectivity index (χ3v) is 4.32. The number of aromatic nitrogens is 2. The Bertz CT molecular complexity index is 681. The van der Waals surface area contributed by atoms with Gasteiger partial charge in [-0.15, -0.1) is 0 Å². The molecule has 3 nitrogen and oxygen atoms in total. The van der Waals surface area contributed by atoms with E-state index in [-0.39, 0.29) is 11.3 Å². The third-order valence-electron chi connectivity index (χ3n) is 4.32. The van der Waals surface area contributed by atoms with Crippen LogP contribution in [-0.4, -0.2) is 9.78 Å². The van der Waals surface area contributed by atoms with Gasteiger partial charge in [-0.3, -0.25) is 0 Å². The molecule has 21 heavy (non-hydrogen) atoms. The summed E-state index contributed by atoms with van der Waals surface area (Å²) in [6.45, 7) is 6.65. The normalized spacial score (nSPS) is 18.1. The minimum atomic E-state index is 0.0105. The molecule has 0 saturated heterocycles. The highest BCUT2D eigenvalue weighted by Crippen LogP contribution is 2.32. The van der Waals surface area contributed by atoms with E-state index in [0.29, 0.717) is 0 Å². The van der Waals surface area contributed by atoms with Gasteiger partial charge in [0.2, 0.25) is 0 Å². The second-order valence-corrected chi connectivity index (χ2v) is 6.83. The highest BCUT2D eigenvalue weighted by atomic mass is 15.3. The largest absolute Gasteiger partial charge is 0.238 e. The Kier molecular flexibility index (Phi) is 3.33. The Morgan fingerprint density at radius 3 is 2.57 bits per heavy atom. The fraction of sp³-hybridized carbons (Fsp3) is 0.444. The number of benzene rings is 1. The standard InChI is InChI=1S/C18H21N3/c1-18(2,3)14-7-9-15(10-8-14)21-17-6-4-5-13(11-19)16(17)12-20-21/h7-10,12-13H,4-6H2,1-3H3. The molecule has 108 valence electrons. The van der Waals surface area contributed by atoms with E-state index in [1.54, 1.807) is 0 Å². The Morgan fingerprint density at radius 2 is 1.95 bits per heavy atom. The topological polar surface area (TPSA) is 41.6 Å². The molecular formula is C18H21N3. The van der Waals surface area contributed by atoms with Crippen LogP contribution in [0.25, 0.3) is 5.69 Å². The summed E-state index contributed by atoms with van der Waals surface area (Å²) in [5.41, 5.74) is 4.89. The third kappa shape index (κ3) is 2.47. The molecule has 1 heterocycles. The molecule has 1 aliphatic carbocycles. The van der Waals surface area contributed by atoms with Gasteiger partial charge in [0.15, 0.2) is 0 Å². The van der Waals surface area contributed by atoms with E-state index in [2.05, 4.69) is 56.2 Å². The quantitative estimate of drug-likeness (QED) is 0.788. The number of rotatable bonds is 1. The van der Waals surface area contributed by atoms with Gasteiger partial charge in [-0.2, -0.15) is 10.4 Å². The van der Waals surface area contributed by atoms with Crippen molar-refractivity contribution in [2.24, 2.45) is 0 Å². The van der Waals surface area contributed by atoms with E-state index < -0.39 is 0 Å². The molecule has 1 aromatic carbocycles. The van der Waals surface area contributed by atoms with E-state index >= 15 is 0 Å². The number of fused-ring (bicyclic) bond motifs is 1. The maximum Gasteiger partial charge on any atom is 0.0746 e. The van der Waals surface area contributed by atoms with E-state index in [4.69, 9.17) is 0 Å². The van der Waals surface area contributed by atoms with Crippen molar-refractivity contribution in [1.29, 1.82) is 5.26 Å². The van der Waals surface area contributed by atoms with Crippen molar-refractivity contribution in [2.45, 2.75) is 51.4 Å². The molecule has 3 rings (SSSR count). The van der Waals surface area contributed by atoms with Crippen LogP contribution in [0.4, 0.5) is 0 Å². The molecule has 0 bridgehead atoms. The molecule has 0 N–H and O–H groups in total. The zero-order valence-corrected chi connectivity index (χ0v) is 12.9. The lowest BCUT2D eigenvalue weighted by Crippen LogP contribution is -2.12. The summed E-state index contributed by atoms with van der Waals surface area (Å²) in [6, 6.07) is 11.0. The van der Waals surface area contributed by atoms with Gasteiger partial charge < -0.3 is 0 Å². The van der Waals surface area contributed by atoms with Gasteiger partial charge in [-0.25, -0.2) is 4.68 Å². The Labute approximate surface area is 126 Å². The van der Waals surface area contributed by atoms with Gasteiger partial charge in [0.05, 0.1) is 23.9 Å². The van der Waals surface area contributed by atoms with Crippen LogP contribution in [0.5, 0.6) is 0 Å². The second kappa shape index (κ2) is 5.04. The Hall–Kier alpha value is -2.08. The van der Waals surface area contributed by atoms with Crippen molar-refractivity contribution in [3.05, 3.63) is 47.3 Å². The number of hydrogen-bond acceptors (Lipinski definition) is 2. The average molecular weight is 279 g/mol. The molecule has 1 atom stereocenters. The van der Waals surface area contributed by atoms with Gasteiger partial charge in [0.25, 0.3) is 0 Å². The lowest BCUT2D eigenvalue weighted by Gasteiger charge is -2.20. The van der Waals surface area contributed by atoms with Crippen LogP contribution in [0, 0.1) is 11.3 Å². The summed E-state index contributed by atoms with van der Waals surface area (Å²) in [5.74, 6) is 0.0105. The zero-order chi connectivity index (χ0) is 15.0. The summed E-state index contributed by atoms with van der Waals surface area (Å²) < 4.78 is 2.01. The van der Waals surface area contributed by atoms with Crippen molar-refractivity contribution in [3.63, 3.8) is 0 Å². The van der Waals surface area contributed by atoms with Crippen molar-refractivity contribution in [2.75, 3.05) is 0 Å². The predicted molar refractivity (Wildman–Crippen MR) is 83.6 cm³/mol. The average Bonchev–Trinajstić information content (AvgIpc) is 2.90. The molecule has 0 spiro atoms.